The average molecular weight is 383 g/mol. The van der Waals surface area contributed by atoms with Crippen LogP contribution in [0.1, 0.15) is 44.9 Å². The fraction of sp³-hybridized carbons (Fsp3) is 0.923. The van der Waals surface area contributed by atoms with E-state index in [9.17, 15) is 5.11 Å². The molecule has 1 saturated carbocycles. The lowest BCUT2D eigenvalue weighted by Crippen LogP contribution is -2.40. The molecule has 0 spiro atoms. The summed E-state index contributed by atoms with van der Waals surface area (Å²) in [5.41, 5.74) is 5.24. The van der Waals surface area contributed by atoms with Crippen molar-refractivity contribution in [3.05, 3.63) is 0 Å². The third-order valence-electron chi connectivity index (χ3n) is 3.99. The van der Waals surface area contributed by atoms with Gasteiger partial charge in [-0.25, -0.2) is 0 Å². The normalized spacial score (nSPS) is 23.9. The van der Waals surface area contributed by atoms with Gasteiger partial charge < -0.3 is 20.9 Å². The van der Waals surface area contributed by atoms with Gasteiger partial charge in [0.25, 0.3) is 0 Å². The molecular formula is C13H26IN3O2. The molecule has 0 radical (unpaired) electrons. The lowest BCUT2D eigenvalue weighted by Gasteiger charge is -2.31. The summed E-state index contributed by atoms with van der Waals surface area (Å²) in [7, 11) is 0. The molecule has 112 valence electrons. The molecule has 1 aliphatic heterocycles. The van der Waals surface area contributed by atoms with Crippen LogP contribution in [0.5, 0.6) is 0 Å². The Hall–Kier alpha value is -0.0800. The molecule has 0 bridgehead atoms. The fourth-order valence-electron chi connectivity index (χ4n) is 2.71. The Bertz CT molecular complexity index is 288. The molecule has 4 N–H and O–H groups in total. The van der Waals surface area contributed by atoms with Crippen molar-refractivity contribution < 1.29 is 9.84 Å². The molecule has 0 aromatic heterocycles. The Morgan fingerprint density at radius 3 is 2.58 bits per heavy atom. The van der Waals surface area contributed by atoms with Crippen LogP contribution in [-0.2, 0) is 4.74 Å². The number of rotatable bonds is 4. The first-order valence-electron chi connectivity index (χ1n) is 7.05. The maximum absolute atomic E-state index is 10.3. The molecule has 5 nitrogen and oxygen atoms in total. The van der Waals surface area contributed by atoms with Gasteiger partial charge in [0.2, 0.25) is 0 Å². The van der Waals surface area contributed by atoms with E-state index < -0.39 is 5.60 Å². The SMILES string of the molecule is I.NC(=NCCC1(O)CCOCC1)NC1CCCC1. The number of nitrogens with two attached hydrogens (primary N) is 1. The van der Waals surface area contributed by atoms with Gasteiger partial charge in [0.15, 0.2) is 5.96 Å². The van der Waals surface area contributed by atoms with E-state index in [0.717, 1.165) is 0 Å². The second-order valence-electron chi connectivity index (χ2n) is 5.48. The number of aliphatic imine (C=N–C) groups is 1. The largest absolute Gasteiger partial charge is 0.390 e. The zero-order valence-corrected chi connectivity index (χ0v) is 13.8. The first-order valence-corrected chi connectivity index (χ1v) is 7.05. The van der Waals surface area contributed by atoms with Gasteiger partial charge in [0, 0.05) is 25.8 Å². The standard InChI is InChI=1S/C13H25N3O2.HI/c14-12(16-11-3-1-2-4-11)15-8-5-13(17)6-9-18-10-7-13;/h11,17H,1-10H2,(H3,14,15,16);1H. The van der Waals surface area contributed by atoms with Crippen molar-refractivity contribution in [3.63, 3.8) is 0 Å². The second kappa shape index (κ2) is 8.26. The van der Waals surface area contributed by atoms with Gasteiger partial charge in [-0.1, -0.05) is 12.8 Å². The van der Waals surface area contributed by atoms with E-state index >= 15 is 0 Å². The van der Waals surface area contributed by atoms with Crippen molar-refractivity contribution in [2.45, 2.75) is 56.6 Å². The van der Waals surface area contributed by atoms with Gasteiger partial charge in [0.05, 0.1) is 5.60 Å². The van der Waals surface area contributed by atoms with Crippen molar-refractivity contribution in [1.29, 1.82) is 0 Å². The molecular weight excluding hydrogens is 357 g/mol. The highest BCUT2D eigenvalue weighted by Gasteiger charge is 2.29. The molecule has 2 fully saturated rings. The number of hydrogen-bond donors (Lipinski definition) is 3. The molecule has 2 aliphatic rings. The Morgan fingerprint density at radius 2 is 1.95 bits per heavy atom. The van der Waals surface area contributed by atoms with Crippen LogP contribution in [0.25, 0.3) is 0 Å². The zero-order chi connectivity index (χ0) is 12.8. The topological polar surface area (TPSA) is 79.9 Å². The molecule has 0 amide bonds. The highest BCUT2D eigenvalue weighted by molar-refractivity contribution is 14.0. The summed E-state index contributed by atoms with van der Waals surface area (Å²) < 4.78 is 5.25. The van der Waals surface area contributed by atoms with Gasteiger partial charge in [0.1, 0.15) is 0 Å². The molecule has 1 saturated heterocycles. The van der Waals surface area contributed by atoms with Gasteiger partial charge in [-0.05, 0) is 32.1 Å². The van der Waals surface area contributed by atoms with Crippen molar-refractivity contribution in [1.82, 2.24) is 5.32 Å². The van der Waals surface area contributed by atoms with Crippen LogP contribution in [0, 0.1) is 0 Å². The van der Waals surface area contributed by atoms with Gasteiger partial charge >= 0.3 is 0 Å². The monoisotopic (exact) mass is 383 g/mol. The van der Waals surface area contributed by atoms with E-state index in [0.29, 0.717) is 51.0 Å². The van der Waals surface area contributed by atoms with E-state index in [2.05, 4.69) is 10.3 Å². The third kappa shape index (κ3) is 5.83. The minimum Gasteiger partial charge on any atom is -0.390 e. The van der Waals surface area contributed by atoms with Crippen LogP contribution in [0.2, 0.25) is 0 Å². The summed E-state index contributed by atoms with van der Waals surface area (Å²) in [6.07, 6.45) is 7.03. The molecule has 0 aromatic carbocycles. The lowest BCUT2D eigenvalue weighted by molar-refractivity contribution is -0.0662. The summed E-state index contributed by atoms with van der Waals surface area (Å²) in [5.74, 6) is 0.526. The van der Waals surface area contributed by atoms with Crippen LogP contribution in [0.15, 0.2) is 4.99 Å². The van der Waals surface area contributed by atoms with Crippen molar-refractivity contribution in [3.8, 4) is 0 Å². The first-order chi connectivity index (χ1) is 8.68. The van der Waals surface area contributed by atoms with Gasteiger partial charge in [-0.3, -0.25) is 4.99 Å². The minimum atomic E-state index is -0.602. The smallest absolute Gasteiger partial charge is 0.188 e. The second-order valence-corrected chi connectivity index (χ2v) is 5.48. The maximum Gasteiger partial charge on any atom is 0.188 e. The zero-order valence-electron chi connectivity index (χ0n) is 11.4. The van der Waals surface area contributed by atoms with E-state index in [-0.39, 0.29) is 24.0 Å². The molecule has 6 heteroatoms. The molecule has 1 aliphatic carbocycles. The molecule has 0 atom stereocenters. The Morgan fingerprint density at radius 1 is 1.32 bits per heavy atom. The molecule has 0 aromatic rings. The highest BCUT2D eigenvalue weighted by atomic mass is 127. The lowest BCUT2D eigenvalue weighted by atomic mass is 9.91. The Balaban J connectivity index is 0.00000180. The van der Waals surface area contributed by atoms with Crippen LogP contribution >= 0.6 is 24.0 Å². The van der Waals surface area contributed by atoms with Crippen LogP contribution in [0.3, 0.4) is 0 Å². The molecule has 0 unspecified atom stereocenters. The predicted octanol–water partition coefficient (Wildman–Crippen LogP) is 1.38. The van der Waals surface area contributed by atoms with Crippen LogP contribution < -0.4 is 11.1 Å². The summed E-state index contributed by atoms with van der Waals surface area (Å²) in [6.45, 7) is 1.88. The third-order valence-corrected chi connectivity index (χ3v) is 3.99. The number of halogens is 1. The van der Waals surface area contributed by atoms with Gasteiger partial charge in [-0.15, -0.1) is 24.0 Å². The van der Waals surface area contributed by atoms with E-state index in [4.69, 9.17) is 10.5 Å². The molecule has 19 heavy (non-hydrogen) atoms. The Kier molecular flexibility index (Phi) is 7.38. The van der Waals surface area contributed by atoms with E-state index in [1.54, 1.807) is 0 Å². The fourth-order valence-corrected chi connectivity index (χ4v) is 2.71. The van der Waals surface area contributed by atoms with Crippen molar-refractivity contribution >= 4 is 29.9 Å². The summed E-state index contributed by atoms with van der Waals surface area (Å²) in [4.78, 5) is 4.31. The minimum absolute atomic E-state index is 0. The quantitative estimate of drug-likeness (QED) is 0.389. The number of nitrogens with zero attached hydrogens (tertiary/aromatic N) is 1. The van der Waals surface area contributed by atoms with Gasteiger partial charge in [-0.2, -0.15) is 0 Å². The maximum atomic E-state index is 10.3. The molecule has 1 heterocycles. The van der Waals surface area contributed by atoms with Crippen LogP contribution in [-0.4, -0.2) is 42.5 Å². The summed E-state index contributed by atoms with van der Waals surface area (Å²) in [5, 5.41) is 13.5. The average Bonchev–Trinajstić information content (AvgIpc) is 2.82. The number of nitrogens with one attached hydrogen (secondary N) is 1. The van der Waals surface area contributed by atoms with Crippen LogP contribution in [0.4, 0.5) is 0 Å². The van der Waals surface area contributed by atoms with E-state index in [1.807, 2.05) is 0 Å². The van der Waals surface area contributed by atoms with Crippen molar-refractivity contribution in [2.75, 3.05) is 19.8 Å². The number of aliphatic hydroxyl groups is 1. The number of guanidine groups is 1. The highest BCUT2D eigenvalue weighted by Crippen LogP contribution is 2.24. The first kappa shape index (κ1) is 17.0. The summed E-state index contributed by atoms with van der Waals surface area (Å²) in [6, 6.07) is 0.500. The number of hydrogen-bond acceptors (Lipinski definition) is 3. The Labute approximate surface area is 132 Å². The predicted molar refractivity (Wildman–Crippen MR) is 86.9 cm³/mol. The molecule has 2 rings (SSSR count). The van der Waals surface area contributed by atoms with E-state index in [1.165, 1.54) is 25.7 Å². The summed E-state index contributed by atoms with van der Waals surface area (Å²) >= 11 is 0. The number of ether oxygens (including phenoxy) is 1. The van der Waals surface area contributed by atoms with Crippen molar-refractivity contribution in [2.24, 2.45) is 10.7 Å².